The lowest BCUT2D eigenvalue weighted by atomic mass is 10.1. The molecule has 0 radical (unpaired) electrons. The third kappa shape index (κ3) is 2.57. The molecule has 1 atom stereocenters. The monoisotopic (exact) mass is 233 g/mol. The first-order chi connectivity index (χ1) is 8.18. The Bertz CT molecular complexity index is 462. The number of hydrogen-bond acceptors (Lipinski definition) is 4. The lowest BCUT2D eigenvalue weighted by molar-refractivity contribution is 0.418. The normalized spacial score (nSPS) is 12.5. The van der Waals surface area contributed by atoms with Gasteiger partial charge < -0.3 is 15.5 Å². The molecule has 5 nitrogen and oxygen atoms in total. The summed E-state index contributed by atoms with van der Waals surface area (Å²) in [5.74, 6) is 0.184. The van der Waals surface area contributed by atoms with Crippen molar-refractivity contribution >= 4 is 0 Å². The van der Waals surface area contributed by atoms with Crippen molar-refractivity contribution in [1.82, 2.24) is 15.5 Å². The van der Waals surface area contributed by atoms with Crippen LogP contribution in [0.25, 0.3) is 0 Å². The Hall–Kier alpha value is -2.01. The Kier molecular flexibility index (Phi) is 3.30. The van der Waals surface area contributed by atoms with Gasteiger partial charge in [0.05, 0.1) is 5.56 Å². The van der Waals surface area contributed by atoms with E-state index >= 15 is 0 Å². The summed E-state index contributed by atoms with van der Waals surface area (Å²) in [5.41, 5.74) is 1.46. The zero-order valence-corrected chi connectivity index (χ0v) is 9.51. The van der Waals surface area contributed by atoms with Crippen molar-refractivity contribution in [1.29, 1.82) is 0 Å². The van der Waals surface area contributed by atoms with Gasteiger partial charge >= 0.3 is 0 Å². The molecule has 17 heavy (non-hydrogen) atoms. The van der Waals surface area contributed by atoms with Gasteiger partial charge in [0, 0.05) is 24.5 Å². The highest BCUT2D eigenvalue weighted by Gasteiger charge is 2.14. The molecule has 0 aliphatic heterocycles. The standard InChI is InChI=1S/C12H15N3O2/c1-8(13-7-9-5-6-14-15-9)12-10(16)3-2-4-11(12)17/h2-6,8,13,16-17H,7H2,1H3,(H,14,15). The number of nitrogens with one attached hydrogen (secondary N) is 2. The molecule has 2 aromatic rings. The van der Waals surface area contributed by atoms with E-state index in [0.29, 0.717) is 12.1 Å². The van der Waals surface area contributed by atoms with Crippen LogP contribution < -0.4 is 5.32 Å². The summed E-state index contributed by atoms with van der Waals surface area (Å²) in [7, 11) is 0. The molecule has 0 bridgehead atoms. The minimum atomic E-state index is -0.153. The first-order valence-corrected chi connectivity index (χ1v) is 5.41. The summed E-state index contributed by atoms with van der Waals surface area (Å²) < 4.78 is 0. The Morgan fingerprint density at radius 3 is 2.59 bits per heavy atom. The van der Waals surface area contributed by atoms with E-state index in [-0.39, 0.29) is 17.5 Å². The molecule has 1 unspecified atom stereocenters. The maximum Gasteiger partial charge on any atom is 0.124 e. The summed E-state index contributed by atoms with van der Waals surface area (Å²) in [6.07, 6.45) is 1.68. The van der Waals surface area contributed by atoms with Crippen LogP contribution in [0.4, 0.5) is 0 Å². The van der Waals surface area contributed by atoms with Crippen molar-refractivity contribution in [2.24, 2.45) is 0 Å². The zero-order valence-electron chi connectivity index (χ0n) is 9.51. The molecule has 0 amide bonds. The predicted molar refractivity (Wildman–Crippen MR) is 63.6 cm³/mol. The van der Waals surface area contributed by atoms with Crippen LogP contribution in [-0.4, -0.2) is 20.4 Å². The first kappa shape index (κ1) is 11.5. The average molecular weight is 233 g/mol. The topological polar surface area (TPSA) is 81.2 Å². The predicted octanol–water partition coefficient (Wildman–Crippen LogP) is 1.67. The number of aromatic nitrogens is 2. The molecule has 90 valence electrons. The summed E-state index contributed by atoms with van der Waals surface area (Å²) in [4.78, 5) is 0. The van der Waals surface area contributed by atoms with Crippen molar-refractivity contribution in [3.8, 4) is 11.5 Å². The minimum absolute atomic E-state index is 0.0922. The largest absolute Gasteiger partial charge is 0.507 e. The molecular formula is C12H15N3O2. The number of phenols is 2. The molecule has 1 aromatic carbocycles. The number of H-pyrrole nitrogens is 1. The Balaban J connectivity index is 2.07. The van der Waals surface area contributed by atoms with E-state index in [4.69, 9.17) is 0 Å². The SMILES string of the molecule is CC(NCc1ccn[nH]1)c1c(O)cccc1O. The fourth-order valence-corrected chi connectivity index (χ4v) is 1.73. The number of rotatable bonds is 4. The van der Waals surface area contributed by atoms with Gasteiger partial charge in [0.15, 0.2) is 0 Å². The van der Waals surface area contributed by atoms with E-state index < -0.39 is 0 Å². The molecule has 0 aliphatic carbocycles. The third-order valence-corrected chi connectivity index (χ3v) is 2.65. The highest BCUT2D eigenvalue weighted by Crippen LogP contribution is 2.32. The molecule has 0 spiro atoms. The van der Waals surface area contributed by atoms with Crippen LogP contribution in [0, 0.1) is 0 Å². The molecule has 2 rings (SSSR count). The highest BCUT2D eigenvalue weighted by molar-refractivity contribution is 5.44. The van der Waals surface area contributed by atoms with Gasteiger partial charge in [-0.2, -0.15) is 5.10 Å². The van der Waals surface area contributed by atoms with Crippen molar-refractivity contribution < 1.29 is 10.2 Å². The molecule has 0 fully saturated rings. The Morgan fingerprint density at radius 1 is 1.29 bits per heavy atom. The van der Waals surface area contributed by atoms with Crippen molar-refractivity contribution in [3.63, 3.8) is 0 Å². The van der Waals surface area contributed by atoms with Crippen molar-refractivity contribution in [2.75, 3.05) is 0 Å². The van der Waals surface area contributed by atoms with Crippen molar-refractivity contribution in [2.45, 2.75) is 19.5 Å². The summed E-state index contributed by atoms with van der Waals surface area (Å²) in [6.45, 7) is 2.47. The maximum absolute atomic E-state index is 9.70. The fraction of sp³-hybridized carbons (Fsp3) is 0.250. The first-order valence-electron chi connectivity index (χ1n) is 5.41. The zero-order chi connectivity index (χ0) is 12.3. The van der Waals surface area contributed by atoms with Gasteiger partial charge in [-0.3, -0.25) is 5.10 Å². The Labute approximate surface area is 99.1 Å². The lowest BCUT2D eigenvalue weighted by Crippen LogP contribution is -2.18. The highest BCUT2D eigenvalue weighted by atomic mass is 16.3. The minimum Gasteiger partial charge on any atom is -0.507 e. The molecule has 4 N–H and O–H groups in total. The summed E-state index contributed by atoms with van der Waals surface area (Å²) >= 11 is 0. The average Bonchev–Trinajstić information content (AvgIpc) is 2.79. The molecule has 0 aliphatic rings. The van der Waals surface area contributed by atoms with Gasteiger partial charge in [-0.05, 0) is 25.1 Å². The molecule has 1 aromatic heterocycles. The van der Waals surface area contributed by atoms with E-state index in [1.165, 1.54) is 0 Å². The van der Waals surface area contributed by atoms with Crippen LogP contribution in [-0.2, 0) is 6.54 Å². The van der Waals surface area contributed by atoms with Gasteiger partial charge in [-0.25, -0.2) is 0 Å². The van der Waals surface area contributed by atoms with Crippen molar-refractivity contribution in [3.05, 3.63) is 41.7 Å². The number of nitrogens with zero attached hydrogens (tertiary/aromatic N) is 1. The third-order valence-electron chi connectivity index (χ3n) is 2.65. The molecule has 0 saturated carbocycles. The van der Waals surface area contributed by atoms with Crippen LogP contribution in [0.5, 0.6) is 11.5 Å². The van der Waals surface area contributed by atoms with Crippen LogP contribution in [0.1, 0.15) is 24.2 Å². The number of aromatic amines is 1. The van der Waals surface area contributed by atoms with E-state index in [1.807, 2.05) is 13.0 Å². The second kappa shape index (κ2) is 4.88. The summed E-state index contributed by atoms with van der Waals surface area (Å²) in [5, 5.41) is 29.3. The quantitative estimate of drug-likeness (QED) is 0.647. The van der Waals surface area contributed by atoms with E-state index in [2.05, 4.69) is 15.5 Å². The fourth-order valence-electron chi connectivity index (χ4n) is 1.73. The van der Waals surface area contributed by atoms with Crippen LogP contribution in [0.3, 0.4) is 0 Å². The van der Waals surface area contributed by atoms with Gasteiger partial charge in [0.1, 0.15) is 11.5 Å². The molecule has 0 saturated heterocycles. The van der Waals surface area contributed by atoms with E-state index in [1.54, 1.807) is 24.4 Å². The van der Waals surface area contributed by atoms with Crippen LogP contribution in [0.2, 0.25) is 0 Å². The molecule has 5 heteroatoms. The van der Waals surface area contributed by atoms with Gasteiger partial charge in [0.2, 0.25) is 0 Å². The second-order valence-electron chi connectivity index (χ2n) is 3.89. The second-order valence-corrected chi connectivity index (χ2v) is 3.89. The molecule has 1 heterocycles. The number of phenolic OH excluding ortho intramolecular Hbond substituents is 2. The van der Waals surface area contributed by atoms with Gasteiger partial charge in [-0.15, -0.1) is 0 Å². The number of hydrogen-bond donors (Lipinski definition) is 4. The Morgan fingerprint density at radius 2 is 2.00 bits per heavy atom. The smallest absolute Gasteiger partial charge is 0.124 e. The lowest BCUT2D eigenvalue weighted by Gasteiger charge is -2.16. The van der Waals surface area contributed by atoms with Gasteiger partial charge in [0.25, 0.3) is 0 Å². The number of aromatic hydroxyl groups is 2. The van der Waals surface area contributed by atoms with Gasteiger partial charge in [-0.1, -0.05) is 6.07 Å². The van der Waals surface area contributed by atoms with E-state index in [9.17, 15) is 10.2 Å². The number of benzene rings is 1. The summed E-state index contributed by atoms with van der Waals surface area (Å²) in [6, 6.07) is 6.44. The van der Waals surface area contributed by atoms with Crippen LogP contribution >= 0.6 is 0 Å². The van der Waals surface area contributed by atoms with E-state index in [0.717, 1.165) is 5.69 Å². The van der Waals surface area contributed by atoms with Crippen LogP contribution in [0.15, 0.2) is 30.5 Å². The maximum atomic E-state index is 9.70. The molecular weight excluding hydrogens is 218 g/mol.